The summed E-state index contributed by atoms with van der Waals surface area (Å²) >= 11 is 0. The van der Waals surface area contributed by atoms with Crippen molar-refractivity contribution in [1.29, 1.82) is 5.26 Å². The van der Waals surface area contributed by atoms with Crippen LogP contribution >= 0.6 is 0 Å². The van der Waals surface area contributed by atoms with Gasteiger partial charge in [-0.25, -0.2) is 0 Å². The molecule has 1 aromatic heterocycles. The lowest BCUT2D eigenvalue weighted by molar-refractivity contribution is 0.473. The Labute approximate surface area is 106 Å². The van der Waals surface area contributed by atoms with E-state index in [2.05, 4.69) is 11.2 Å². The number of rotatable bonds is 2. The van der Waals surface area contributed by atoms with Gasteiger partial charge in [0.25, 0.3) is 0 Å². The normalized spacial score (nSPS) is 10.2. The summed E-state index contributed by atoms with van der Waals surface area (Å²) in [4.78, 5) is 0. The van der Waals surface area contributed by atoms with E-state index in [0.29, 0.717) is 5.56 Å². The Morgan fingerprint density at radius 3 is 2.50 bits per heavy atom. The van der Waals surface area contributed by atoms with Gasteiger partial charge >= 0.3 is 0 Å². The van der Waals surface area contributed by atoms with E-state index < -0.39 is 0 Å². The van der Waals surface area contributed by atoms with E-state index in [4.69, 9.17) is 10.00 Å². The molecule has 0 radical (unpaired) electrons. The highest BCUT2D eigenvalue weighted by molar-refractivity contribution is 5.44. The van der Waals surface area contributed by atoms with Gasteiger partial charge in [-0.05, 0) is 44.5 Å². The summed E-state index contributed by atoms with van der Waals surface area (Å²) in [5, 5.41) is 13.2. The van der Waals surface area contributed by atoms with Crippen molar-refractivity contribution >= 4 is 0 Å². The number of hydrogen-bond donors (Lipinski definition) is 0. The topological polar surface area (TPSA) is 50.8 Å². The molecule has 0 aliphatic heterocycles. The predicted octanol–water partition coefficient (Wildman–Crippen LogP) is 3.01. The highest BCUT2D eigenvalue weighted by atomic mass is 16.5. The Balaban J connectivity index is 2.35. The number of nitrogens with zero attached hydrogens (tertiary/aromatic N) is 3. The van der Waals surface area contributed by atoms with E-state index in [1.54, 1.807) is 16.8 Å². The lowest BCUT2D eigenvalue weighted by Crippen LogP contribution is -1.93. The first-order chi connectivity index (χ1) is 8.52. The van der Waals surface area contributed by atoms with Crippen LogP contribution in [0.4, 0.5) is 0 Å². The van der Waals surface area contributed by atoms with E-state index in [1.165, 1.54) is 0 Å². The molecule has 18 heavy (non-hydrogen) atoms. The fourth-order valence-corrected chi connectivity index (χ4v) is 1.84. The lowest BCUT2D eigenvalue weighted by atomic mass is 10.1. The van der Waals surface area contributed by atoms with Crippen molar-refractivity contribution < 1.29 is 4.74 Å². The zero-order valence-corrected chi connectivity index (χ0v) is 11.0. The summed E-state index contributed by atoms with van der Waals surface area (Å²) in [7, 11) is 1.89. The van der Waals surface area contributed by atoms with Crippen LogP contribution < -0.4 is 4.74 Å². The van der Waals surface area contributed by atoms with Crippen LogP contribution in [0.25, 0.3) is 0 Å². The summed E-state index contributed by atoms with van der Waals surface area (Å²) in [5.41, 5.74) is 3.42. The van der Waals surface area contributed by atoms with Gasteiger partial charge in [0.15, 0.2) is 5.75 Å². The molecule has 2 rings (SSSR count). The molecule has 0 unspecified atom stereocenters. The lowest BCUT2D eigenvalue weighted by Gasteiger charge is -2.07. The van der Waals surface area contributed by atoms with Gasteiger partial charge in [0, 0.05) is 7.05 Å². The number of benzene rings is 1. The molecular formula is C14H15N3O. The fraction of sp³-hybridized carbons (Fsp3) is 0.286. The molecule has 0 N–H and O–H groups in total. The van der Waals surface area contributed by atoms with Crippen molar-refractivity contribution in [2.75, 3.05) is 0 Å². The van der Waals surface area contributed by atoms with Crippen molar-refractivity contribution in [2.45, 2.75) is 20.8 Å². The van der Waals surface area contributed by atoms with Crippen LogP contribution in [-0.2, 0) is 7.05 Å². The summed E-state index contributed by atoms with van der Waals surface area (Å²) in [6.45, 7) is 5.78. The van der Waals surface area contributed by atoms with Crippen molar-refractivity contribution in [3.63, 3.8) is 0 Å². The first-order valence-electron chi connectivity index (χ1n) is 5.71. The number of hydrogen-bond acceptors (Lipinski definition) is 3. The molecule has 0 aliphatic carbocycles. The molecular weight excluding hydrogens is 226 g/mol. The molecule has 92 valence electrons. The number of ether oxygens (including phenoxy) is 1. The minimum absolute atomic E-state index is 0.669. The Bertz CT molecular complexity index is 635. The smallest absolute Gasteiger partial charge is 0.171 e. The molecule has 0 saturated carbocycles. The van der Waals surface area contributed by atoms with Gasteiger partial charge in [-0.3, -0.25) is 4.68 Å². The van der Waals surface area contributed by atoms with E-state index in [1.807, 2.05) is 33.9 Å². The maximum absolute atomic E-state index is 8.89. The van der Waals surface area contributed by atoms with Gasteiger partial charge in [0.2, 0.25) is 0 Å². The molecule has 1 heterocycles. The highest BCUT2D eigenvalue weighted by Crippen LogP contribution is 2.28. The van der Waals surface area contributed by atoms with Gasteiger partial charge in [-0.15, -0.1) is 0 Å². The van der Waals surface area contributed by atoms with Gasteiger partial charge in [-0.2, -0.15) is 10.4 Å². The quantitative estimate of drug-likeness (QED) is 0.812. The van der Waals surface area contributed by atoms with Crippen LogP contribution in [0.15, 0.2) is 18.2 Å². The van der Waals surface area contributed by atoms with Crippen molar-refractivity contribution in [1.82, 2.24) is 9.78 Å². The van der Waals surface area contributed by atoms with Crippen LogP contribution in [0.5, 0.6) is 11.5 Å². The second kappa shape index (κ2) is 4.53. The number of aryl methyl sites for hydroxylation is 3. The largest absolute Gasteiger partial charge is 0.453 e. The van der Waals surface area contributed by atoms with Crippen molar-refractivity contribution in [3.8, 4) is 17.6 Å². The number of aromatic nitrogens is 2. The molecule has 1 aromatic carbocycles. The van der Waals surface area contributed by atoms with Crippen LogP contribution in [0.3, 0.4) is 0 Å². The molecule has 0 spiro atoms. The molecule has 0 saturated heterocycles. The molecule has 0 atom stereocenters. The third-order valence-electron chi connectivity index (χ3n) is 2.98. The second-order valence-corrected chi connectivity index (χ2v) is 4.31. The van der Waals surface area contributed by atoms with Crippen LogP contribution in [0.1, 0.15) is 22.5 Å². The first-order valence-corrected chi connectivity index (χ1v) is 5.71. The van der Waals surface area contributed by atoms with Crippen molar-refractivity contribution in [3.05, 3.63) is 40.7 Å². The van der Waals surface area contributed by atoms with Crippen LogP contribution in [0, 0.1) is 32.1 Å². The third-order valence-corrected chi connectivity index (χ3v) is 2.98. The molecule has 0 fully saturated rings. The molecule has 2 aromatic rings. The Kier molecular flexibility index (Phi) is 3.07. The third kappa shape index (κ3) is 2.07. The Hall–Kier alpha value is -2.28. The van der Waals surface area contributed by atoms with E-state index in [9.17, 15) is 0 Å². The van der Waals surface area contributed by atoms with Gasteiger partial charge in [-0.1, -0.05) is 0 Å². The number of nitriles is 1. The van der Waals surface area contributed by atoms with E-state index in [-0.39, 0.29) is 0 Å². The zero-order chi connectivity index (χ0) is 13.3. The SMILES string of the molecule is Cc1cc(Oc2c(C)nn(C)c2C)ccc1C#N. The maximum atomic E-state index is 8.89. The maximum Gasteiger partial charge on any atom is 0.171 e. The Morgan fingerprint density at radius 1 is 1.28 bits per heavy atom. The molecule has 0 bridgehead atoms. The minimum atomic E-state index is 0.669. The predicted molar refractivity (Wildman–Crippen MR) is 68.7 cm³/mol. The summed E-state index contributed by atoms with van der Waals surface area (Å²) in [6, 6.07) is 7.58. The molecule has 0 aliphatic rings. The molecule has 4 nitrogen and oxygen atoms in total. The van der Waals surface area contributed by atoms with E-state index >= 15 is 0 Å². The average molecular weight is 241 g/mol. The molecule has 0 amide bonds. The van der Waals surface area contributed by atoms with Gasteiger partial charge in [0.05, 0.1) is 17.3 Å². The van der Waals surface area contributed by atoms with Gasteiger partial charge in [0.1, 0.15) is 11.4 Å². The average Bonchev–Trinajstić information content (AvgIpc) is 2.56. The van der Waals surface area contributed by atoms with Gasteiger partial charge < -0.3 is 4.74 Å². The van der Waals surface area contributed by atoms with Crippen LogP contribution in [-0.4, -0.2) is 9.78 Å². The monoisotopic (exact) mass is 241 g/mol. The van der Waals surface area contributed by atoms with Crippen molar-refractivity contribution in [2.24, 2.45) is 7.05 Å². The standard InChI is InChI=1S/C14H15N3O/c1-9-7-13(6-5-12(9)8-15)18-14-10(2)16-17(4)11(14)3/h5-7H,1-4H3. The van der Waals surface area contributed by atoms with E-state index in [0.717, 1.165) is 28.5 Å². The van der Waals surface area contributed by atoms with Crippen LogP contribution in [0.2, 0.25) is 0 Å². The Morgan fingerprint density at radius 2 is 2.00 bits per heavy atom. The summed E-state index contributed by atoms with van der Waals surface area (Å²) in [6.07, 6.45) is 0. The second-order valence-electron chi connectivity index (χ2n) is 4.31. The fourth-order valence-electron chi connectivity index (χ4n) is 1.84. The summed E-state index contributed by atoms with van der Waals surface area (Å²) in [5.74, 6) is 1.51. The molecule has 4 heteroatoms. The minimum Gasteiger partial charge on any atom is -0.453 e. The zero-order valence-electron chi connectivity index (χ0n) is 11.0. The summed E-state index contributed by atoms with van der Waals surface area (Å²) < 4.78 is 7.64. The highest BCUT2D eigenvalue weighted by Gasteiger charge is 2.12. The first kappa shape index (κ1) is 12.2.